The Morgan fingerprint density at radius 1 is 0.769 bits per heavy atom. The van der Waals surface area contributed by atoms with Gasteiger partial charge in [-0.1, -0.05) is 18.2 Å². The van der Waals surface area contributed by atoms with Gasteiger partial charge in [-0.15, -0.1) is 0 Å². The molecule has 0 aliphatic rings. The maximum atomic E-state index is 12.9. The number of nitrogens with two attached hydrogens (primary N) is 2. The van der Waals surface area contributed by atoms with Crippen molar-refractivity contribution < 1.29 is 48.9 Å². The number of nitrogens with one attached hydrogen (secondary N) is 4. The molecule has 0 bridgehead atoms. The van der Waals surface area contributed by atoms with E-state index in [1.54, 1.807) is 12.3 Å². The highest BCUT2D eigenvalue weighted by molar-refractivity contribution is 5.97. The lowest BCUT2D eigenvalue weighted by molar-refractivity contribution is -0.148. The average Bonchev–Trinajstić information content (AvgIpc) is 3.24. The number of benzene rings is 1. The molecular weight excluding hydrogens is 520 g/mol. The van der Waals surface area contributed by atoms with Gasteiger partial charge in [0, 0.05) is 17.1 Å². The minimum atomic E-state index is -1.92. The lowest BCUT2D eigenvalue weighted by Crippen LogP contribution is -2.58. The van der Waals surface area contributed by atoms with Gasteiger partial charge in [-0.05, 0) is 18.1 Å². The molecule has 0 aliphatic carbocycles. The molecule has 0 saturated heterocycles. The number of para-hydroxylation sites is 1. The lowest BCUT2D eigenvalue weighted by atomic mass is 10.0. The topological polar surface area (TPSA) is 284 Å². The third-order valence-corrected chi connectivity index (χ3v) is 5.49. The van der Waals surface area contributed by atoms with E-state index in [0.717, 1.165) is 10.9 Å². The number of aromatic nitrogens is 1. The summed E-state index contributed by atoms with van der Waals surface area (Å²) >= 11 is 0. The molecule has 11 N–H and O–H groups in total. The quantitative estimate of drug-likeness (QED) is 0.111. The van der Waals surface area contributed by atoms with Crippen LogP contribution in [-0.2, 0) is 40.0 Å². The van der Waals surface area contributed by atoms with Crippen molar-refractivity contribution in [2.75, 3.05) is 0 Å². The minimum Gasteiger partial charge on any atom is -0.481 e. The summed E-state index contributed by atoms with van der Waals surface area (Å²) < 4.78 is 0. The van der Waals surface area contributed by atoms with E-state index in [1.807, 2.05) is 28.8 Å². The summed E-state index contributed by atoms with van der Waals surface area (Å²) in [6, 6.07) is 0.580. The molecule has 4 amide bonds. The SMILES string of the molecule is NC(=O)CC(NC(=O)C(N)Cc1c[nH]c2ccccc12)C(=O)NC(CC(=O)O)C(=O)NC(CC(=O)O)C(=O)O. The largest absolute Gasteiger partial charge is 0.481 e. The second-order valence-corrected chi connectivity index (χ2v) is 8.56. The van der Waals surface area contributed by atoms with Crippen molar-refractivity contribution in [2.24, 2.45) is 11.5 Å². The smallest absolute Gasteiger partial charge is 0.326 e. The molecule has 0 radical (unpaired) electrons. The Kier molecular flexibility index (Phi) is 10.5. The van der Waals surface area contributed by atoms with Crippen LogP contribution in [0.25, 0.3) is 10.9 Å². The van der Waals surface area contributed by atoms with E-state index >= 15 is 0 Å². The van der Waals surface area contributed by atoms with Crippen molar-refractivity contribution in [3.05, 3.63) is 36.0 Å². The van der Waals surface area contributed by atoms with Gasteiger partial charge < -0.3 is 47.7 Å². The van der Waals surface area contributed by atoms with Gasteiger partial charge in [0.2, 0.25) is 23.6 Å². The Morgan fingerprint density at radius 3 is 1.85 bits per heavy atom. The zero-order chi connectivity index (χ0) is 29.3. The number of rotatable bonds is 15. The number of carboxylic acid groups (broad SMARTS) is 3. The lowest BCUT2D eigenvalue weighted by Gasteiger charge is -2.24. The molecule has 1 aromatic heterocycles. The Balaban J connectivity index is 2.15. The van der Waals surface area contributed by atoms with Crippen molar-refractivity contribution in [1.82, 2.24) is 20.9 Å². The number of carbonyl (C=O) groups is 7. The molecule has 0 saturated carbocycles. The molecule has 16 nitrogen and oxygen atoms in total. The van der Waals surface area contributed by atoms with Crippen LogP contribution in [0, 0.1) is 0 Å². The van der Waals surface area contributed by atoms with Gasteiger partial charge in [0.05, 0.1) is 25.3 Å². The number of hydrogen-bond donors (Lipinski definition) is 9. The fraction of sp³-hybridized carbons (Fsp3) is 0.348. The van der Waals surface area contributed by atoms with E-state index in [2.05, 4.69) is 10.3 Å². The molecule has 4 atom stereocenters. The predicted molar refractivity (Wildman–Crippen MR) is 132 cm³/mol. The van der Waals surface area contributed by atoms with Crippen molar-refractivity contribution in [3.63, 3.8) is 0 Å². The molecule has 2 aromatic rings. The number of carboxylic acids is 3. The first-order chi connectivity index (χ1) is 18.3. The van der Waals surface area contributed by atoms with Crippen LogP contribution >= 0.6 is 0 Å². The first kappa shape index (κ1) is 30.2. The number of primary amides is 1. The standard InChI is InChI=1S/C23H28N6O10/c24-12(5-10-9-26-13-4-2-1-3-11(10)13)20(35)27-14(6-17(25)30)21(36)28-15(7-18(31)32)22(37)29-16(23(38)39)8-19(33)34/h1-4,9,12,14-16,26H,5-8,24H2,(H2,25,30)(H,27,35)(H,28,36)(H,29,37)(H,31,32)(H,33,34)(H,38,39). The third kappa shape index (κ3) is 9.12. The van der Waals surface area contributed by atoms with Crippen LogP contribution in [0.2, 0.25) is 0 Å². The fourth-order valence-corrected chi connectivity index (χ4v) is 3.62. The summed E-state index contributed by atoms with van der Waals surface area (Å²) in [6.45, 7) is 0. The Hall–Kier alpha value is -4.99. The monoisotopic (exact) mass is 548 g/mol. The van der Waals surface area contributed by atoms with Gasteiger partial charge in [0.25, 0.3) is 0 Å². The van der Waals surface area contributed by atoms with Crippen LogP contribution in [0.1, 0.15) is 24.8 Å². The van der Waals surface area contributed by atoms with Gasteiger partial charge in [-0.25, -0.2) is 4.79 Å². The maximum absolute atomic E-state index is 12.9. The molecule has 2 rings (SSSR count). The van der Waals surface area contributed by atoms with Gasteiger partial charge in [0.15, 0.2) is 0 Å². The third-order valence-electron chi connectivity index (χ3n) is 5.49. The second kappa shape index (κ2) is 13.5. The molecular formula is C23H28N6O10. The first-order valence-electron chi connectivity index (χ1n) is 11.4. The highest BCUT2D eigenvalue weighted by Gasteiger charge is 2.33. The summed E-state index contributed by atoms with van der Waals surface area (Å²) in [7, 11) is 0. The van der Waals surface area contributed by atoms with E-state index in [-0.39, 0.29) is 6.42 Å². The summed E-state index contributed by atoms with van der Waals surface area (Å²) in [5, 5.41) is 34.0. The summed E-state index contributed by atoms with van der Waals surface area (Å²) in [5.74, 6) is -9.23. The van der Waals surface area contributed by atoms with E-state index in [9.17, 15) is 33.6 Å². The zero-order valence-corrected chi connectivity index (χ0v) is 20.4. The Morgan fingerprint density at radius 2 is 1.28 bits per heavy atom. The van der Waals surface area contributed by atoms with E-state index in [4.69, 9.17) is 26.8 Å². The molecule has 0 spiro atoms. The van der Waals surface area contributed by atoms with Crippen molar-refractivity contribution in [1.29, 1.82) is 0 Å². The highest BCUT2D eigenvalue weighted by Crippen LogP contribution is 2.18. The Bertz CT molecular complexity index is 1280. The van der Waals surface area contributed by atoms with Crippen LogP contribution in [-0.4, -0.2) is 86.0 Å². The van der Waals surface area contributed by atoms with Crippen LogP contribution < -0.4 is 27.4 Å². The predicted octanol–water partition coefficient (Wildman–Crippen LogP) is -2.60. The van der Waals surface area contributed by atoms with Crippen LogP contribution in [0.3, 0.4) is 0 Å². The van der Waals surface area contributed by atoms with E-state index < -0.39 is 85.0 Å². The molecule has 0 fully saturated rings. The van der Waals surface area contributed by atoms with Crippen molar-refractivity contribution in [2.45, 2.75) is 49.9 Å². The Labute approximate surface area is 220 Å². The van der Waals surface area contributed by atoms with Crippen molar-refractivity contribution >= 4 is 52.4 Å². The van der Waals surface area contributed by atoms with Gasteiger partial charge in [0.1, 0.15) is 18.1 Å². The van der Waals surface area contributed by atoms with Crippen LogP contribution in [0.4, 0.5) is 0 Å². The molecule has 0 aliphatic heterocycles. The molecule has 39 heavy (non-hydrogen) atoms. The number of aliphatic carboxylic acids is 3. The average molecular weight is 549 g/mol. The number of carbonyl (C=O) groups excluding carboxylic acids is 4. The molecule has 4 unspecified atom stereocenters. The van der Waals surface area contributed by atoms with E-state index in [0.29, 0.717) is 5.56 Å². The highest BCUT2D eigenvalue weighted by atomic mass is 16.4. The van der Waals surface area contributed by atoms with Crippen LogP contribution in [0.15, 0.2) is 30.5 Å². The molecule has 1 aromatic carbocycles. The normalized spacial score (nSPS) is 13.9. The molecule has 210 valence electrons. The molecule has 16 heteroatoms. The summed E-state index contributed by atoms with van der Waals surface area (Å²) in [6.07, 6.45) is -1.09. The summed E-state index contributed by atoms with van der Waals surface area (Å²) in [5.41, 5.74) is 12.7. The van der Waals surface area contributed by atoms with E-state index in [1.165, 1.54) is 0 Å². The van der Waals surface area contributed by atoms with Crippen molar-refractivity contribution in [3.8, 4) is 0 Å². The zero-order valence-electron chi connectivity index (χ0n) is 20.4. The first-order valence-corrected chi connectivity index (χ1v) is 11.4. The maximum Gasteiger partial charge on any atom is 0.326 e. The van der Waals surface area contributed by atoms with Crippen LogP contribution in [0.5, 0.6) is 0 Å². The number of aromatic amines is 1. The number of hydrogen-bond acceptors (Lipinski definition) is 8. The summed E-state index contributed by atoms with van der Waals surface area (Å²) in [4.78, 5) is 86.1. The van der Waals surface area contributed by atoms with Gasteiger partial charge in [-0.3, -0.25) is 28.8 Å². The fourth-order valence-electron chi connectivity index (χ4n) is 3.62. The number of H-pyrrole nitrogens is 1. The minimum absolute atomic E-state index is 0.0466. The van der Waals surface area contributed by atoms with Gasteiger partial charge >= 0.3 is 17.9 Å². The second-order valence-electron chi connectivity index (χ2n) is 8.56. The molecule has 1 heterocycles. The van der Waals surface area contributed by atoms with Gasteiger partial charge in [-0.2, -0.15) is 0 Å². The number of amides is 4. The number of fused-ring (bicyclic) bond motifs is 1.